The van der Waals surface area contributed by atoms with E-state index in [0.29, 0.717) is 23.9 Å². The largest absolute Gasteiger partial charge is 0.483 e. The lowest BCUT2D eigenvalue weighted by Gasteiger charge is -2.13. The topological polar surface area (TPSA) is 73.6 Å². The SMILES string of the molecule is COCCCNC(=O)COc1c(C)cc(C(N)=S)cc1C. The van der Waals surface area contributed by atoms with Gasteiger partial charge in [0, 0.05) is 25.8 Å². The molecule has 0 unspecified atom stereocenters. The third-order valence-electron chi connectivity index (χ3n) is 2.94. The van der Waals surface area contributed by atoms with Crippen LogP contribution in [-0.2, 0) is 9.53 Å². The molecule has 1 amide bonds. The molecule has 0 fully saturated rings. The summed E-state index contributed by atoms with van der Waals surface area (Å²) < 4.78 is 10.5. The van der Waals surface area contributed by atoms with Crippen molar-refractivity contribution in [1.29, 1.82) is 0 Å². The molecule has 0 radical (unpaired) electrons. The number of hydrogen-bond donors (Lipinski definition) is 2. The van der Waals surface area contributed by atoms with Crippen LogP contribution < -0.4 is 15.8 Å². The van der Waals surface area contributed by atoms with E-state index in [9.17, 15) is 4.79 Å². The van der Waals surface area contributed by atoms with Crippen molar-refractivity contribution in [1.82, 2.24) is 5.32 Å². The molecular weight excluding hydrogens is 288 g/mol. The Morgan fingerprint density at radius 1 is 1.33 bits per heavy atom. The Bertz CT molecular complexity index is 495. The van der Waals surface area contributed by atoms with Crippen LogP contribution >= 0.6 is 12.2 Å². The molecule has 0 bridgehead atoms. The van der Waals surface area contributed by atoms with Gasteiger partial charge in [0.15, 0.2) is 6.61 Å². The maximum atomic E-state index is 11.7. The van der Waals surface area contributed by atoms with Crippen LogP contribution in [0.1, 0.15) is 23.1 Å². The number of thiocarbonyl (C=S) groups is 1. The van der Waals surface area contributed by atoms with Gasteiger partial charge < -0.3 is 20.5 Å². The van der Waals surface area contributed by atoms with Gasteiger partial charge in [0.1, 0.15) is 10.7 Å². The Labute approximate surface area is 130 Å². The van der Waals surface area contributed by atoms with Gasteiger partial charge in [-0.3, -0.25) is 4.79 Å². The van der Waals surface area contributed by atoms with Crippen molar-refractivity contribution >= 4 is 23.1 Å². The van der Waals surface area contributed by atoms with Gasteiger partial charge in [-0.25, -0.2) is 0 Å². The lowest BCUT2D eigenvalue weighted by atomic mass is 10.1. The number of aryl methyl sites for hydroxylation is 2. The van der Waals surface area contributed by atoms with E-state index in [4.69, 9.17) is 27.4 Å². The second-order valence-electron chi connectivity index (χ2n) is 4.79. The van der Waals surface area contributed by atoms with E-state index in [1.54, 1.807) is 7.11 Å². The number of nitrogens with two attached hydrogens (primary N) is 1. The number of hydrogen-bond acceptors (Lipinski definition) is 4. The summed E-state index contributed by atoms with van der Waals surface area (Å²) in [6.45, 7) is 5.00. The highest BCUT2D eigenvalue weighted by Gasteiger charge is 2.10. The van der Waals surface area contributed by atoms with Gasteiger partial charge in [0.05, 0.1) is 0 Å². The second kappa shape index (κ2) is 8.59. The van der Waals surface area contributed by atoms with Gasteiger partial charge in [0.2, 0.25) is 0 Å². The first-order valence-corrected chi connectivity index (χ1v) is 7.16. The summed E-state index contributed by atoms with van der Waals surface area (Å²) in [4.78, 5) is 12.0. The zero-order chi connectivity index (χ0) is 15.8. The molecule has 1 aromatic carbocycles. The minimum Gasteiger partial charge on any atom is -0.483 e. The van der Waals surface area contributed by atoms with Crippen molar-refractivity contribution in [3.8, 4) is 5.75 Å². The highest BCUT2D eigenvalue weighted by atomic mass is 32.1. The molecule has 0 spiro atoms. The number of carbonyl (C=O) groups excluding carboxylic acids is 1. The molecule has 0 heterocycles. The highest BCUT2D eigenvalue weighted by Crippen LogP contribution is 2.24. The van der Waals surface area contributed by atoms with Crippen LogP contribution in [0.2, 0.25) is 0 Å². The molecule has 6 heteroatoms. The van der Waals surface area contributed by atoms with E-state index in [-0.39, 0.29) is 12.5 Å². The summed E-state index contributed by atoms with van der Waals surface area (Å²) in [6.07, 6.45) is 0.781. The molecular formula is C15H22N2O3S. The molecule has 0 saturated carbocycles. The molecule has 0 aromatic heterocycles. The third-order valence-corrected chi connectivity index (χ3v) is 3.18. The highest BCUT2D eigenvalue weighted by molar-refractivity contribution is 7.80. The predicted molar refractivity (Wildman–Crippen MR) is 86.8 cm³/mol. The summed E-state index contributed by atoms with van der Waals surface area (Å²) in [5, 5.41) is 2.77. The Hall–Kier alpha value is -1.66. The molecule has 1 aromatic rings. The minimum atomic E-state index is -0.150. The van der Waals surface area contributed by atoms with Gasteiger partial charge in [-0.1, -0.05) is 12.2 Å². The average Bonchev–Trinajstić information content (AvgIpc) is 2.42. The average molecular weight is 310 g/mol. The first kappa shape index (κ1) is 17.4. The molecule has 0 aliphatic rings. The van der Waals surface area contributed by atoms with Gasteiger partial charge >= 0.3 is 0 Å². The lowest BCUT2D eigenvalue weighted by molar-refractivity contribution is -0.123. The first-order chi connectivity index (χ1) is 9.95. The first-order valence-electron chi connectivity index (χ1n) is 6.75. The number of carbonyl (C=O) groups is 1. The van der Waals surface area contributed by atoms with Crippen molar-refractivity contribution in [2.75, 3.05) is 26.9 Å². The number of ether oxygens (including phenoxy) is 2. The molecule has 0 atom stereocenters. The van der Waals surface area contributed by atoms with Crippen LogP contribution in [0, 0.1) is 13.8 Å². The van der Waals surface area contributed by atoms with Crippen molar-refractivity contribution < 1.29 is 14.3 Å². The van der Waals surface area contributed by atoms with Crippen LogP contribution in [0.25, 0.3) is 0 Å². The molecule has 21 heavy (non-hydrogen) atoms. The van der Waals surface area contributed by atoms with Gasteiger partial charge in [0.25, 0.3) is 5.91 Å². The Morgan fingerprint density at radius 3 is 2.48 bits per heavy atom. The van der Waals surface area contributed by atoms with E-state index in [1.165, 1.54) is 0 Å². The van der Waals surface area contributed by atoms with E-state index >= 15 is 0 Å². The van der Waals surface area contributed by atoms with E-state index in [2.05, 4.69) is 5.32 Å². The number of nitrogens with one attached hydrogen (secondary N) is 1. The predicted octanol–water partition coefficient (Wildman–Crippen LogP) is 1.47. The summed E-state index contributed by atoms with van der Waals surface area (Å²) in [5.74, 6) is 0.547. The standard InChI is InChI=1S/C15H22N2O3S/c1-10-7-12(15(16)21)8-11(2)14(10)20-9-13(18)17-5-4-6-19-3/h7-8H,4-6,9H2,1-3H3,(H2,16,21)(H,17,18). The minimum absolute atomic E-state index is 0.0128. The molecule has 5 nitrogen and oxygen atoms in total. The maximum absolute atomic E-state index is 11.7. The molecule has 0 saturated heterocycles. The molecule has 3 N–H and O–H groups in total. The monoisotopic (exact) mass is 310 g/mol. The van der Waals surface area contributed by atoms with Crippen LogP contribution in [0.5, 0.6) is 5.75 Å². The fourth-order valence-electron chi connectivity index (χ4n) is 1.95. The van der Waals surface area contributed by atoms with E-state index < -0.39 is 0 Å². The molecule has 116 valence electrons. The van der Waals surface area contributed by atoms with E-state index in [1.807, 2.05) is 26.0 Å². The smallest absolute Gasteiger partial charge is 0.257 e. The fourth-order valence-corrected chi connectivity index (χ4v) is 2.07. The summed E-state index contributed by atoms with van der Waals surface area (Å²) >= 11 is 4.96. The maximum Gasteiger partial charge on any atom is 0.257 e. The second-order valence-corrected chi connectivity index (χ2v) is 5.23. The van der Waals surface area contributed by atoms with Gasteiger partial charge in [-0.05, 0) is 43.5 Å². The van der Waals surface area contributed by atoms with Crippen LogP contribution in [0.4, 0.5) is 0 Å². The lowest BCUT2D eigenvalue weighted by Crippen LogP contribution is -2.30. The number of rotatable bonds is 8. The zero-order valence-corrected chi connectivity index (χ0v) is 13.5. The Morgan fingerprint density at radius 2 is 1.95 bits per heavy atom. The van der Waals surface area contributed by atoms with Crippen LogP contribution in [0.3, 0.4) is 0 Å². The molecule has 1 rings (SSSR count). The summed E-state index contributed by atoms with van der Waals surface area (Å²) in [7, 11) is 1.63. The molecule has 0 aliphatic carbocycles. The van der Waals surface area contributed by atoms with Gasteiger partial charge in [-0.15, -0.1) is 0 Å². The molecule has 0 aliphatic heterocycles. The van der Waals surface area contributed by atoms with Crippen molar-refractivity contribution in [3.63, 3.8) is 0 Å². The number of amides is 1. The van der Waals surface area contributed by atoms with Crippen molar-refractivity contribution in [2.24, 2.45) is 5.73 Å². The van der Waals surface area contributed by atoms with E-state index in [0.717, 1.165) is 23.1 Å². The van der Waals surface area contributed by atoms with Crippen LogP contribution in [0.15, 0.2) is 12.1 Å². The van der Waals surface area contributed by atoms with Crippen molar-refractivity contribution in [2.45, 2.75) is 20.3 Å². The Kier molecular flexibility index (Phi) is 7.11. The van der Waals surface area contributed by atoms with Crippen LogP contribution in [-0.4, -0.2) is 37.8 Å². The Balaban J connectivity index is 2.55. The normalized spacial score (nSPS) is 10.2. The number of benzene rings is 1. The zero-order valence-electron chi connectivity index (χ0n) is 12.7. The summed E-state index contributed by atoms with van der Waals surface area (Å²) in [5.41, 5.74) is 8.24. The fraction of sp³-hybridized carbons (Fsp3) is 0.467. The number of methoxy groups -OCH3 is 1. The quantitative estimate of drug-likeness (QED) is 0.562. The van der Waals surface area contributed by atoms with Gasteiger partial charge in [-0.2, -0.15) is 0 Å². The summed E-state index contributed by atoms with van der Waals surface area (Å²) in [6, 6.07) is 3.72. The third kappa shape index (κ3) is 5.69. The van der Waals surface area contributed by atoms with Crippen molar-refractivity contribution in [3.05, 3.63) is 28.8 Å².